The molecule has 1 aromatic rings. The summed E-state index contributed by atoms with van der Waals surface area (Å²) in [5.41, 5.74) is 0.336. The molecule has 1 atom stereocenters. The van der Waals surface area contributed by atoms with E-state index < -0.39 is 37.2 Å². The van der Waals surface area contributed by atoms with Crippen LogP contribution >= 0.6 is 0 Å². The molecular weight excluding hydrogens is 289 g/mol. The summed E-state index contributed by atoms with van der Waals surface area (Å²) in [6, 6.07) is 5.71. The van der Waals surface area contributed by atoms with E-state index in [1.807, 2.05) is 0 Å². The number of nitrogens with one attached hydrogen (secondary N) is 1. The largest absolute Gasteiger partial charge is 0.479 e. The Morgan fingerprint density at radius 1 is 1.29 bits per heavy atom. The van der Waals surface area contributed by atoms with Crippen molar-refractivity contribution in [3.8, 4) is 0 Å². The van der Waals surface area contributed by atoms with Gasteiger partial charge >= 0.3 is 18.2 Å². The minimum absolute atomic E-state index is 0.336. The Morgan fingerprint density at radius 3 is 2.33 bits per heavy atom. The molecule has 0 fully saturated rings. The van der Waals surface area contributed by atoms with Crippen molar-refractivity contribution in [3.63, 3.8) is 0 Å². The van der Waals surface area contributed by atoms with Crippen LogP contribution in [0, 0.1) is 0 Å². The van der Waals surface area contributed by atoms with E-state index >= 15 is 0 Å². The third kappa shape index (κ3) is 5.72. The molecule has 0 aliphatic heterocycles. The van der Waals surface area contributed by atoms with Gasteiger partial charge in [-0.25, -0.2) is 9.59 Å². The monoisotopic (exact) mass is 304 g/mol. The lowest BCUT2D eigenvalue weighted by Gasteiger charge is -2.22. The smallest absolute Gasteiger partial charge is 0.390 e. The maximum absolute atomic E-state index is 12.1. The Bertz CT molecular complexity index is 491. The summed E-state index contributed by atoms with van der Waals surface area (Å²) in [6.45, 7) is -0.545. The highest BCUT2D eigenvalue weighted by molar-refractivity contribution is 5.83. The average molecular weight is 304 g/mol. The first-order valence-electron chi connectivity index (χ1n) is 6.07. The molecule has 8 heteroatoms. The summed E-state index contributed by atoms with van der Waals surface area (Å²) < 4.78 is 36.2. The second-order valence-electron chi connectivity index (χ2n) is 4.42. The number of carbonyl (C=O) groups excluding carboxylic acids is 1. The van der Waals surface area contributed by atoms with E-state index in [9.17, 15) is 22.8 Å². The summed E-state index contributed by atoms with van der Waals surface area (Å²) in [5, 5.41) is 11.3. The number of carboxylic acids is 1. The minimum Gasteiger partial charge on any atom is -0.479 e. The third-order valence-corrected chi connectivity index (χ3v) is 2.73. The lowest BCUT2D eigenvalue weighted by molar-refractivity contribution is -0.140. The fourth-order valence-corrected chi connectivity index (χ4v) is 1.56. The number of amides is 2. The van der Waals surface area contributed by atoms with E-state index in [1.54, 1.807) is 18.2 Å². The molecule has 21 heavy (non-hydrogen) atoms. The van der Waals surface area contributed by atoms with Crippen molar-refractivity contribution in [2.45, 2.75) is 18.6 Å². The van der Waals surface area contributed by atoms with Crippen LogP contribution in [0.4, 0.5) is 18.0 Å². The molecule has 0 radical (unpaired) electrons. The number of benzene rings is 1. The third-order valence-electron chi connectivity index (χ3n) is 2.73. The quantitative estimate of drug-likeness (QED) is 0.877. The molecular formula is C13H15F3N2O3. The van der Waals surface area contributed by atoms with Gasteiger partial charge in [-0.3, -0.25) is 0 Å². The fourth-order valence-electron chi connectivity index (χ4n) is 1.56. The predicted octanol–water partition coefficient (Wildman–Crippen LogP) is 2.41. The van der Waals surface area contributed by atoms with Crippen molar-refractivity contribution >= 4 is 12.0 Å². The zero-order valence-corrected chi connectivity index (χ0v) is 11.2. The maximum Gasteiger partial charge on any atom is 0.390 e. The number of halogens is 3. The van der Waals surface area contributed by atoms with Gasteiger partial charge in [-0.15, -0.1) is 0 Å². The molecule has 0 saturated heterocycles. The lowest BCUT2D eigenvalue weighted by Crippen LogP contribution is -2.43. The Morgan fingerprint density at radius 2 is 1.86 bits per heavy atom. The van der Waals surface area contributed by atoms with Crippen LogP contribution in [0.5, 0.6) is 0 Å². The van der Waals surface area contributed by atoms with Crippen LogP contribution < -0.4 is 5.32 Å². The highest BCUT2D eigenvalue weighted by Crippen LogP contribution is 2.19. The molecule has 0 aliphatic carbocycles. The van der Waals surface area contributed by atoms with Gasteiger partial charge in [0.05, 0.1) is 6.42 Å². The summed E-state index contributed by atoms with van der Waals surface area (Å²) in [4.78, 5) is 23.7. The van der Waals surface area contributed by atoms with Gasteiger partial charge in [-0.2, -0.15) is 13.2 Å². The van der Waals surface area contributed by atoms with Crippen LogP contribution in [-0.4, -0.2) is 41.8 Å². The Kier molecular flexibility index (Phi) is 5.57. The number of alkyl halides is 3. The normalized spacial score (nSPS) is 12.6. The van der Waals surface area contributed by atoms with Crippen LogP contribution in [0.25, 0.3) is 0 Å². The van der Waals surface area contributed by atoms with Gasteiger partial charge in [0.25, 0.3) is 0 Å². The Balaban J connectivity index is 2.68. The first-order valence-corrected chi connectivity index (χ1v) is 6.07. The van der Waals surface area contributed by atoms with Gasteiger partial charge in [0.15, 0.2) is 6.04 Å². The predicted molar refractivity (Wildman–Crippen MR) is 68.7 cm³/mol. The van der Waals surface area contributed by atoms with Crippen LogP contribution in [-0.2, 0) is 4.79 Å². The molecule has 116 valence electrons. The molecule has 2 amide bonds. The summed E-state index contributed by atoms with van der Waals surface area (Å²) in [7, 11) is 1.17. The standard InChI is InChI=1S/C13H15F3N2O3/c1-18(8-7-13(14,15)16)12(21)17-10(11(19)20)9-5-3-2-4-6-9/h2-6,10H,7-8H2,1H3,(H,17,21)(H,19,20). The van der Waals surface area contributed by atoms with Gasteiger partial charge < -0.3 is 15.3 Å². The van der Waals surface area contributed by atoms with Crippen LogP contribution in [0.1, 0.15) is 18.0 Å². The lowest BCUT2D eigenvalue weighted by atomic mass is 10.1. The number of aliphatic carboxylic acids is 1. The van der Waals surface area contributed by atoms with E-state index in [4.69, 9.17) is 5.11 Å². The second-order valence-corrected chi connectivity index (χ2v) is 4.42. The molecule has 0 aromatic heterocycles. The highest BCUT2D eigenvalue weighted by Gasteiger charge is 2.29. The molecule has 1 aromatic carbocycles. The number of carboxylic acid groups (broad SMARTS) is 1. The molecule has 0 saturated carbocycles. The summed E-state index contributed by atoms with van der Waals surface area (Å²) in [6.07, 6.45) is -5.53. The highest BCUT2D eigenvalue weighted by atomic mass is 19.4. The van der Waals surface area contributed by atoms with Gasteiger partial charge in [0, 0.05) is 13.6 Å². The molecule has 0 spiro atoms. The number of nitrogens with zero attached hydrogens (tertiary/aromatic N) is 1. The van der Waals surface area contributed by atoms with E-state index in [-0.39, 0.29) is 0 Å². The zero-order valence-electron chi connectivity index (χ0n) is 11.2. The van der Waals surface area contributed by atoms with Gasteiger partial charge in [-0.1, -0.05) is 30.3 Å². The SMILES string of the molecule is CN(CCC(F)(F)F)C(=O)NC(C(=O)O)c1ccccc1. The number of hydrogen-bond donors (Lipinski definition) is 2. The molecule has 0 heterocycles. The van der Waals surface area contributed by atoms with Gasteiger partial charge in [0.2, 0.25) is 0 Å². The maximum atomic E-state index is 12.1. The molecule has 2 N–H and O–H groups in total. The zero-order chi connectivity index (χ0) is 16.0. The van der Waals surface area contributed by atoms with Crippen molar-refractivity contribution in [2.24, 2.45) is 0 Å². The van der Waals surface area contributed by atoms with Crippen molar-refractivity contribution in [1.82, 2.24) is 10.2 Å². The van der Waals surface area contributed by atoms with Crippen LogP contribution in [0.2, 0.25) is 0 Å². The molecule has 5 nitrogen and oxygen atoms in total. The molecule has 0 aliphatic rings. The Labute approximate surface area is 119 Å². The topological polar surface area (TPSA) is 69.6 Å². The van der Waals surface area contributed by atoms with Crippen LogP contribution in [0.15, 0.2) is 30.3 Å². The van der Waals surface area contributed by atoms with Gasteiger partial charge in [-0.05, 0) is 5.56 Å². The van der Waals surface area contributed by atoms with E-state index in [0.29, 0.717) is 5.56 Å². The second kappa shape index (κ2) is 6.96. The first kappa shape index (κ1) is 16.8. The first-order chi connectivity index (χ1) is 9.70. The van der Waals surface area contributed by atoms with E-state index in [2.05, 4.69) is 5.32 Å². The number of hydrogen-bond acceptors (Lipinski definition) is 2. The number of rotatable bonds is 5. The summed E-state index contributed by atoms with van der Waals surface area (Å²) in [5.74, 6) is -1.29. The van der Waals surface area contributed by atoms with Crippen molar-refractivity contribution in [1.29, 1.82) is 0 Å². The Hall–Kier alpha value is -2.25. The van der Waals surface area contributed by atoms with Gasteiger partial charge in [0.1, 0.15) is 0 Å². The fraction of sp³-hybridized carbons (Fsp3) is 0.385. The number of carbonyl (C=O) groups is 2. The van der Waals surface area contributed by atoms with Crippen LogP contribution in [0.3, 0.4) is 0 Å². The molecule has 0 bridgehead atoms. The minimum atomic E-state index is -4.37. The van der Waals surface area contributed by atoms with Crippen molar-refractivity contribution < 1.29 is 27.9 Å². The molecule has 1 rings (SSSR count). The summed E-state index contributed by atoms with van der Waals surface area (Å²) >= 11 is 0. The van der Waals surface area contributed by atoms with E-state index in [0.717, 1.165) is 4.90 Å². The van der Waals surface area contributed by atoms with Crippen molar-refractivity contribution in [2.75, 3.05) is 13.6 Å². The average Bonchev–Trinajstić information content (AvgIpc) is 2.41. The molecule has 1 unspecified atom stereocenters. The van der Waals surface area contributed by atoms with E-state index in [1.165, 1.54) is 19.2 Å². The van der Waals surface area contributed by atoms with Crippen molar-refractivity contribution in [3.05, 3.63) is 35.9 Å². The number of urea groups is 1.